The van der Waals surface area contributed by atoms with Crippen molar-refractivity contribution in [1.82, 2.24) is 14.7 Å². The lowest BCUT2D eigenvalue weighted by Gasteiger charge is -2.47. The molecule has 2 N–H and O–H groups in total. The first kappa shape index (κ1) is 15.5. The molecule has 1 aromatic heterocycles. The molecule has 0 saturated heterocycles. The second-order valence-corrected chi connectivity index (χ2v) is 6.33. The van der Waals surface area contributed by atoms with Crippen LogP contribution in [0.1, 0.15) is 52.0 Å². The number of aryl methyl sites for hydroxylation is 1. The molecule has 1 aromatic rings. The number of rotatable bonds is 6. The van der Waals surface area contributed by atoms with E-state index in [4.69, 9.17) is 5.73 Å². The zero-order valence-corrected chi connectivity index (χ0v) is 13.3. The Morgan fingerprint density at radius 1 is 1.40 bits per heavy atom. The molecule has 1 saturated carbocycles. The first-order valence-corrected chi connectivity index (χ1v) is 8.10. The van der Waals surface area contributed by atoms with Gasteiger partial charge < -0.3 is 5.73 Å². The summed E-state index contributed by atoms with van der Waals surface area (Å²) in [7, 11) is 0. The van der Waals surface area contributed by atoms with Crippen LogP contribution in [0.3, 0.4) is 0 Å². The van der Waals surface area contributed by atoms with Gasteiger partial charge in [-0.15, -0.1) is 0 Å². The van der Waals surface area contributed by atoms with Crippen LogP contribution < -0.4 is 5.73 Å². The van der Waals surface area contributed by atoms with E-state index in [2.05, 4.69) is 37.0 Å². The van der Waals surface area contributed by atoms with Gasteiger partial charge in [-0.2, -0.15) is 5.10 Å². The standard InChI is InChI=1S/C16H30N4/c1-4-19(11-15-10-18-20(5-2)12-15)16(13-17)8-6-14(3)7-9-16/h10,12,14H,4-9,11,13,17H2,1-3H3. The van der Waals surface area contributed by atoms with Crippen LogP contribution in [0.5, 0.6) is 0 Å². The summed E-state index contributed by atoms with van der Waals surface area (Å²) in [5.41, 5.74) is 7.69. The molecule has 0 amide bonds. The summed E-state index contributed by atoms with van der Waals surface area (Å²) in [4.78, 5) is 2.58. The van der Waals surface area contributed by atoms with Gasteiger partial charge >= 0.3 is 0 Å². The maximum Gasteiger partial charge on any atom is 0.0534 e. The summed E-state index contributed by atoms with van der Waals surface area (Å²) in [6.07, 6.45) is 9.25. The number of nitrogens with zero attached hydrogens (tertiary/aromatic N) is 3. The molecule has 1 aliphatic rings. The van der Waals surface area contributed by atoms with Crippen LogP contribution in [0.15, 0.2) is 12.4 Å². The Labute approximate surface area is 123 Å². The molecule has 4 nitrogen and oxygen atoms in total. The maximum atomic E-state index is 6.18. The van der Waals surface area contributed by atoms with Crippen LogP contribution in [0.2, 0.25) is 0 Å². The van der Waals surface area contributed by atoms with Gasteiger partial charge in [0.1, 0.15) is 0 Å². The molecule has 1 aliphatic carbocycles. The van der Waals surface area contributed by atoms with Crippen molar-refractivity contribution in [3.63, 3.8) is 0 Å². The fraction of sp³-hybridized carbons (Fsp3) is 0.812. The van der Waals surface area contributed by atoms with Crippen molar-refractivity contribution >= 4 is 0 Å². The Kier molecular flexibility index (Phi) is 5.22. The largest absolute Gasteiger partial charge is 0.329 e. The number of hydrogen-bond acceptors (Lipinski definition) is 3. The molecule has 0 radical (unpaired) electrons. The van der Waals surface area contributed by atoms with Crippen molar-refractivity contribution in [2.45, 2.75) is 65.1 Å². The minimum absolute atomic E-state index is 0.204. The lowest BCUT2D eigenvalue weighted by molar-refractivity contribution is 0.0423. The van der Waals surface area contributed by atoms with Crippen LogP contribution in [0.25, 0.3) is 0 Å². The highest BCUT2D eigenvalue weighted by Crippen LogP contribution is 2.36. The number of nitrogens with two attached hydrogens (primary N) is 1. The molecule has 2 rings (SSSR count). The molecule has 0 aromatic carbocycles. The van der Waals surface area contributed by atoms with E-state index in [-0.39, 0.29) is 5.54 Å². The van der Waals surface area contributed by atoms with E-state index in [0.29, 0.717) is 0 Å². The molecule has 1 heterocycles. The van der Waals surface area contributed by atoms with E-state index in [1.54, 1.807) is 0 Å². The average Bonchev–Trinajstić information content (AvgIpc) is 2.94. The van der Waals surface area contributed by atoms with Crippen LogP contribution in [0, 0.1) is 5.92 Å². The minimum atomic E-state index is 0.204. The predicted octanol–water partition coefficient (Wildman–Crippen LogP) is 2.63. The highest BCUT2D eigenvalue weighted by atomic mass is 15.3. The van der Waals surface area contributed by atoms with E-state index in [1.807, 2.05) is 10.9 Å². The van der Waals surface area contributed by atoms with Gasteiger partial charge in [0.15, 0.2) is 0 Å². The SMILES string of the molecule is CCN(Cc1cnn(CC)c1)C1(CN)CCC(C)CC1. The zero-order chi connectivity index (χ0) is 14.6. The van der Waals surface area contributed by atoms with Crippen molar-refractivity contribution in [3.8, 4) is 0 Å². The van der Waals surface area contributed by atoms with Crippen LogP contribution in [-0.2, 0) is 13.1 Å². The lowest BCUT2D eigenvalue weighted by Crippen LogP contribution is -2.55. The number of hydrogen-bond donors (Lipinski definition) is 1. The van der Waals surface area contributed by atoms with E-state index in [1.165, 1.54) is 31.2 Å². The molecule has 0 aliphatic heterocycles. The Balaban J connectivity index is 2.09. The fourth-order valence-corrected chi connectivity index (χ4v) is 3.45. The number of aromatic nitrogens is 2. The lowest BCUT2D eigenvalue weighted by atomic mass is 9.76. The monoisotopic (exact) mass is 278 g/mol. The summed E-state index contributed by atoms with van der Waals surface area (Å²) in [6, 6.07) is 0. The van der Waals surface area contributed by atoms with Gasteiger partial charge in [-0.3, -0.25) is 9.58 Å². The summed E-state index contributed by atoms with van der Waals surface area (Å²) in [5, 5.41) is 4.39. The van der Waals surface area contributed by atoms with Gasteiger partial charge in [0, 0.05) is 36.9 Å². The highest BCUT2D eigenvalue weighted by molar-refractivity contribution is 5.06. The third-order valence-corrected chi connectivity index (χ3v) is 5.02. The van der Waals surface area contributed by atoms with E-state index < -0.39 is 0 Å². The van der Waals surface area contributed by atoms with Crippen molar-refractivity contribution in [2.24, 2.45) is 11.7 Å². The smallest absolute Gasteiger partial charge is 0.0534 e. The van der Waals surface area contributed by atoms with Crippen molar-refractivity contribution < 1.29 is 0 Å². The normalized spacial score (nSPS) is 27.1. The molecule has 1 fully saturated rings. The fourth-order valence-electron chi connectivity index (χ4n) is 3.45. The summed E-state index contributed by atoms with van der Waals surface area (Å²) in [5.74, 6) is 0.858. The molecule has 0 unspecified atom stereocenters. The van der Waals surface area contributed by atoms with Gasteiger partial charge in [0.25, 0.3) is 0 Å². The first-order valence-electron chi connectivity index (χ1n) is 8.10. The predicted molar refractivity (Wildman–Crippen MR) is 83.4 cm³/mol. The molecule has 114 valence electrons. The van der Waals surface area contributed by atoms with E-state index in [0.717, 1.165) is 32.1 Å². The van der Waals surface area contributed by atoms with E-state index in [9.17, 15) is 0 Å². The van der Waals surface area contributed by atoms with Crippen molar-refractivity contribution in [3.05, 3.63) is 18.0 Å². The Morgan fingerprint density at radius 2 is 2.10 bits per heavy atom. The van der Waals surface area contributed by atoms with Gasteiger partial charge in [0.2, 0.25) is 0 Å². The summed E-state index contributed by atoms with van der Waals surface area (Å²) < 4.78 is 2.00. The Hall–Kier alpha value is -0.870. The van der Waals surface area contributed by atoms with Crippen molar-refractivity contribution in [1.29, 1.82) is 0 Å². The molecular formula is C16H30N4. The quantitative estimate of drug-likeness (QED) is 0.870. The highest BCUT2D eigenvalue weighted by Gasteiger charge is 2.37. The average molecular weight is 278 g/mol. The maximum absolute atomic E-state index is 6.18. The summed E-state index contributed by atoms with van der Waals surface area (Å²) in [6.45, 7) is 10.5. The summed E-state index contributed by atoms with van der Waals surface area (Å²) >= 11 is 0. The Bertz CT molecular complexity index is 404. The minimum Gasteiger partial charge on any atom is -0.329 e. The van der Waals surface area contributed by atoms with Gasteiger partial charge in [-0.05, 0) is 45.1 Å². The van der Waals surface area contributed by atoms with Crippen LogP contribution in [0.4, 0.5) is 0 Å². The van der Waals surface area contributed by atoms with Crippen molar-refractivity contribution in [2.75, 3.05) is 13.1 Å². The van der Waals surface area contributed by atoms with Crippen LogP contribution >= 0.6 is 0 Å². The molecule has 0 bridgehead atoms. The zero-order valence-electron chi connectivity index (χ0n) is 13.3. The molecule has 4 heteroatoms. The Morgan fingerprint density at radius 3 is 2.60 bits per heavy atom. The van der Waals surface area contributed by atoms with Gasteiger partial charge in [-0.1, -0.05) is 13.8 Å². The molecule has 0 spiro atoms. The number of likely N-dealkylation sites (N-methyl/N-ethyl adjacent to an activating group) is 1. The molecular weight excluding hydrogens is 248 g/mol. The second-order valence-electron chi connectivity index (χ2n) is 6.33. The van der Waals surface area contributed by atoms with Gasteiger partial charge in [0.05, 0.1) is 6.20 Å². The molecule has 0 atom stereocenters. The topological polar surface area (TPSA) is 47.1 Å². The third kappa shape index (κ3) is 3.23. The van der Waals surface area contributed by atoms with Crippen LogP contribution in [-0.4, -0.2) is 33.3 Å². The molecule has 20 heavy (non-hydrogen) atoms. The third-order valence-electron chi connectivity index (χ3n) is 5.02. The second kappa shape index (κ2) is 6.72. The van der Waals surface area contributed by atoms with E-state index >= 15 is 0 Å². The van der Waals surface area contributed by atoms with Gasteiger partial charge in [-0.25, -0.2) is 0 Å². The first-order chi connectivity index (χ1) is 9.63.